The zero-order chi connectivity index (χ0) is 18.5. The van der Waals surface area contributed by atoms with Gasteiger partial charge in [-0.1, -0.05) is 0 Å². The molecule has 3 rings (SSSR count). The molecule has 5 N–H and O–H groups in total. The average Bonchev–Trinajstić information content (AvgIpc) is 3.13. The van der Waals surface area contributed by atoms with Crippen molar-refractivity contribution in [2.45, 2.75) is 31.1 Å². The Morgan fingerprint density at radius 2 is 2.12 bits per heavy atom. The van der Waals surface area contributed by atoms with Crippen LogP contribution in [0.2, 0.25) is 0 Å². The third kappa shape index (κ3) is 3.17. The number of aliphatic hydroxyl groups excluding tert-OH is 1. The summed E-state index contributed by atoms with van der Waals surface area (Å²) >= 11 is 0. The van der Waals surface area contributed by atoms with Gasteiger partial charge in [0.15, 0.2) is 12.0 Å². The van der Waals surface area contributed by atoms with Gasteiger partial charge in [-0.05, 0) is 0 Å². The van der Waals surface area contributed by atoms with Crippen molar-refractivity contribution in [1.82, 2.24) is 14.5 Å². The van der Waals surface area contributed by atoms with Crippen molar-refractivity contribution >= 4 is 19.5 Å². The van der Waals surface area contributed by atoms with E-state index in [0.29, 0.717) is 5.82 Å². The molecule has 2 aliphatic rings. The highest BCUT2D eigenvalue weighted by Crippen LogP contribution is 2.44. The van der Waals surface area contributed by atoms with E-state index in [1.54, 1.807) is 23.6 Å². The van der Waals surface area contributed by atoms with Crippen LogP contribution in [0.1, 0.15) is 23.1 Å². The molecule has 0 saturated carbocycles. The van der Waals surface area contributed by atoms with Gasteiger partial charge in [0.1, 0.15) is 24.3 Å². The summed E-state index contributed by atoms with van der Waals surface area (Å²) < 4.78 is 23.0. The van der Waals surface area contributed by atoms with Crippen molar-refractivity contribution in [3.63, 3.8) is 0 Å². The van der Waals surface area contributed by atoms with Crippen LogP contribution in [0.15, 0.2) is 6.33 Å². The largest absolute Gasteiger partial charge is 0.469 e. The molecule has 1 aromatic heterocycles. The van der Waals surface area contributed by atoms with Gasteiger partial charge in [-0.3, -0.25) is 19.6 Å². The molecule has 2 aliphatic heterocycles. The molecule has 1 saturated heterocycles. The lowest BCUT2D eigenvalue weighted by Gasteiger charge is -2.38. The number of phosphoric ester groups is 1. The lowest BCUT2D eigenvalue weighted by molar-refractivity contribution is -0.0434. The lowest BCUT2D eigenvalue weighted by atomic mass is 10.2. The predicted molar refractivity (Wildman–Crippen MR) is 83.2 cm³/mol. The van der Waals surface area contributed by atoms with E-state index in [2.05, 4.69) is 4.98 Å². The first-order valence-electron chi connectivity index (χ1n) is 7.46. The minimum atomic E-state index is -4.74. The van der Waals surface area contributed by atoms with Crippen LogP contribution in [0.5, 0.6) is 0 Å². The molecule has 1 aromatic rings. The van der Waals surface area contributed by atoms with Gasteiger partial charge in [-0.25, -0.2) is 9.55 Å². The van der Waals surface area contributed by atoms with E-state index in [-0.39, 0.29) is 18.0 Å². The summed E-state index contributed by atoms with van der Waals surface area (Å²) in [7, 11) is -1.49. The smallest absolute Gasteiger partial charge is 0.394 e. The molecule has 25 heavy (non-hydrogen) atoms. The molecule has 3 heterocycles. The number of aromatic nitrogens is 2. The van der Waals surface area contributed by atoms with Gasteiger partial charge in [-0.15, -0.1) is 0 Å². The summed E-state index contributed by atoms with van der Waals surface area (Å²) in [4.78, 5) is 37.4. The van der Waals surface area contributed by atoms with Crippen LogP contribution in [0, 0.1) is 0 Å². The molecule has 13 heteroatoms. The van der Waals surface area contributed by atoms with Gasteiger partial charge >= 0.3 is 7.82 Å². The Labute approximate surface area is 143 Å². The molecular formula is C12H20N5O7P. The van der Waals surface area contributed by atoms with Gasteiger partial charge in [0.05, 0.1) is 12.9 Å². The Balaban J connectivity index is 1.91. The number of anilines is 1. The Bertz CT molecular complexity index is 721. The third-order valence-corrected chi connectivity index (χ3v) is 4.91. The number of rotatable bonds is 4. The molecular weight excluding hydrogens is 357 g/mol. The zero-order valence-electron chi connectivity index (χ0n) is 13.6. The number of phosphoric acid groups is 1. The maximum Gasteiger partial charge on any atom is 0.469 e. The number of nitrogens with zero attached hydrogens (tertiary/aromatic N) is 4. The number of amides is 1. The SMILES string of the molecule is CN1C(=O)c2ncn([C@H]3C[C@H](OP(=O)(O)O)[C@@H](CO)O3)c2N(C)C1N. The first kappa shape index (κ1) is 18.3. The van der Waals surface area contributed by atoms with E-state index in [1.807, 2.05) is 0 Å². The highest BCUT2D eigenvalue weighted by atomic mass is 31.2. The average molecular weight is 377 g/mol. The van der Waals surface area contributed by atoms with E-state index >= 15 is 0 Å². The fraction of sp³-hybridized carbons (Fsp3) is 0.667. The van der Waals surface area contributed by atoms with Crippen LogP contribution < -0.4 is 10.6 Å². The summed E-state index contributed by atoms with van der Waals surface area (Å²) in [6.45, 7) is -0.477. The van der Waals surface area contributed by atoms with Gasteiger partial charge in [-0.2, -0.15) is 0 Å². The molecule has 0 spiro atoms. The first-order chi connectivity index (χ1) is 11.6. The second-order valence-electron chi connectivity index (χ2n) is 5.95. The van der Waals surface area contributed by atoms with Crippen molar-refractivity contribution in [2.24, 2.45) is 5.73 Å². The minimum Gasteiger partial charge on any atom is -0.394 e. The van der Waals surface area contributed by atoms with Gasteiger partial charge in [0.2, 0.25) is 0 Å². The maximum absolute atomic E-state index is 12.3. The predicted octanol–water partition coefficient (Wildman–Crippen LogP) is -1.60. The summed E-state index contributed by atoms with van der Waals surface area (Å²) in [6.07, 6.45) is -1.90. The zero-order valence-corrected chi connectivity index (χ0v) is 14.5. The van der Waals surface area contributed by atoms with Gasteiger partial charge < -0.3 is 29.4 Å². The fourth-order valence-electron chi connectivity index (χ4n) is 3.06. The van der Waals surface area contributed by atoms with Crippen molar-refractivity contribution in [1.29, 1.82) is 0 Å². The molecule has 12 nitrogen and oxygen atoms in total. The van der Waals surface area contributed by atoms with E-state index in [9.17, 15) is 14.5 Å². The molecule has 1 fully saturated rings. The molecule has 4 atom stereocenters. The third-order valence-electron chi connectivity index (χ3n) is 4.36. The van der Waals surface area contributed by atoms with E-state index in [0.717, 1.165) is 0 Å². The number of hydrogen-bond acceptors (Lipinski definition) is 8. The number of ether oxygens (including phenoxy) is 1. The van der Waals surface area contributed by atoms with Crippen molar-refractivity contribution < 1.29 is 33.5 Å². The number of hydrogen-bond donors (Lipinski definition) is 4. The second kappa shape index (κ2) is 6.32. The van der Waals surface area contributed by atoms with E-state index in [4.69, 9.17) is 24.8 Å². The number of fused-ring (bicyclic) bond motifs is 1. The van der Waals surface area contributed by atoms with Crippen LogP contribution in [-0.2, 0) is 13.8 Å². The standard InChI is InChI=1S/C12H20N5O7P/c1-15-10-9(11(19)16(2)12(15)13)14-5-17(10)8-3-6(7(4-18)23-8)24-25(20,21)22/h5-8,12,18H,3-4,13H2,1-2H3,(H2,20,21,22)/t6-,7+,8+,12?/m0/s1. The van der Waals surface area contributed by atoms with Crippen molar-refractivity contribution in [3.05, 3.63) is 12.0 Å². The molecule has 1 unspecified atom stereocenters. The minimum absolute atomic E-state index is 0.0618. The topological polar surface area (TPSA) is 164 Å². The van der Waals surface area contributed by atoms with E-state index in [1.165, 1.54) is 11.2 Å². The summed E-state index contributed by atoms with van der Waals surface area (Å²) in [5, 5.41) is 9.38. The van der Waals surface area contributed by atoms with Gasteiger partial charge in [0.25, 0.3) is 5.91 Å². The Morgan fingerprint density at radius 1 is 1.44 bits per heavy atom. The Kier molecular flexibility index (Phi) is 4.62. The number of imidazole rings is 1. The van der Waals surface area contributed by atoms with Crippen molar-refractivity contribution in [2.75, 3.05) is 25.6 Å². The Hall–Kier alpha value is -1.53. The molecule has 0 radical (unpaired) electrons. The molecule has 140 valence electrons. The number of carbonyl (C=O) groups is 1. The number of carbonyl (C=O) groups excluding carboxylic acids is 1. The number of nitrogens with two attached hydrogens (primary N) is 1. The van der Waals surface area contributed by atoms with E-state index < -0.39 is 39.2 Å². The lowest BCUT2D eigenvalue weighted by Crippen LogP contribution is -2.57. The molecule has 0 bridgehead atoms. The normalized spacial score (nSPS) is 30.1. The van der Waals surface area contributed by atoms with Crippen molar-refractivity contribution in [3.8, 4) is 0 Å². The second-order valence-corrected chi connectivity index (χ2v) is 7.14. The van der Waals surface area contributed by atoms with Crippen LogP contribution in [0.3, 0.4) is 0 Å². The maximum atomic E-state index is 12.3. The summed E-state index contributed by atoms with van der Waals surface area (Å²) in [5.74, 6) is 0.0770. The highest BCUT2D eigenvalue weighted by molar-refractivity contribution is 7.46. The molecule has 0 aliphatic carbocycles. The molecule has 1 amide bonds. The first-order valence-corrected chi connectivity index (χ1v) is 8.99. The van der Waals surface area contributed by atoms with Gasteiger partial charge in [0, 0.05) is 20.5 Å². The monoisotopic (exact) mass is 377 g/mol. The fourth-order valence-corrected chi connectivity index (χ4v) is 3.63. The van der Waals surface area contributed by atoms with Crippen LogP contribution >= 0.6 is 7.82 Å². The van der Waals surface area contributed by atoms with Crippen LogP contribution in [0.4, 0.5) is 5.82 Å². The summed E-state index contributed by atoms with van der Waals surface area (Å²) in [6, 6.07) is 0. The highest BCUT2D eigenvalue weighted by Gasteiger charge is 2.43. The summed E-state index contributed by atoms with van der Waals surface area (Å²) in [5.41, 5.74) is 6.19. The van der Waals surface area contributed by atoms with Crippen LogP contribution in [0.25, 0.3) is 0 Å². The number of aliphatic hydroxyl groups is 1. The Morgan fingerprint density at radius 3 is 2.72 bits per heavy atom. The quantitative estimate of drug-likeness (QED) is 0.450. The molecule has 0 aromatic carbocycles. The van der Waals surface area contributed by atoms with Crippen LogP contribution in [-0.4, -0.2) is 74.5 Å².